The molecule has 2 aromatic rings. The molecule has 1 aromatic carbocycles. The first kappa shape index (κ1) is 15.7. The molecule has 3 rings (SSSR count). The summed E-state index contributed by atoms with van der Waals surface area (Å²) < 4.78 is 5.48. The number of benzene rings is 1. The van der Waals surface area contributed by atoms with E-state index in [-0.39, 0.29) is 11.3 Å². The van der Waals surface area contributed by atoms with Crippen LogP contribution in [-0.2, 0) is 16.6 Å². The topological polar surface area (TPSA) is 51.2 Å². The van der Waals surface area contributed by atoms with Crippen LogP contribution >= 0.6 is 11.3 Å². The summed E-state index contributed by atoms with van der Waals surface area (Å²) in [5.74, 6) is 0.778. The van der Waals surface area contributed by atoms with E-state index in [1.807, 2.05) is 23.6 Å². The molecule has 0 bridgehead atoms. The van der Waals surface area contributed by atoms with Crippen molar-refractivity contribution in [2.75, 3.05) is 11.9 Å². The van der Waals surface area contributed by atoms with E-state index in [1.54, 1.807) is 0 Å². The summed E-state index contributed by atoms with van der Waals surface area (Å²) in [6, 6.07) is 5.97. The quantitative estimate of drug-likeness (QED) is 0.866. The Morgan fingerprint density at radius 1 is 1.39 bits per heavy atom. The number of thiazole rings is 1. The van der Waals surface area contributed by atoms with Gasteiger partial charge in [0, 0.05) is 23.3 Å². The van der Waals surface area contributed by atoms with Crippen LogP contribution in [0.5, 0.6) is 5.75 Å². The van der Waals surface area contributed by atoms with Crippen LogP contribution in [0.4, 0.5) is 5.13 Å². The molecule has 1 N–H and O–H groups in total. The first-order valence-corrected chi connectivity index (χ1v) is 8.50. The van der Waals surface area contributed by atoms with Gasteiger partial charge in [0.2, 0.25) is 5.91 Å². The fraction of sp³-hybridized carbons (Fsp3) is 0.333. The predicted molar refractivity (Wildman–Crippen MR) is 94.1 cm³/mol. The lowest BCUT2D eigenvalue weighted by Crippen LogP contribution is -2.12. The number of carbonyl (C=O) groups excluding carboxylic acids is 1. The van der Waals surface area contributed by atoms with Crippen LogP contribution in [0.2, 0.25) is 0 Å². The molecule has 4 nitrogen and oxygen atoms in total. The molecule has 0 spiro atoms. The minimum Gasteiger partial charge on any atom is -0.493 e. The minimum absolute atomic E-state index is 0.0121. The number of carbonyl (C=O) groups is 1. The number of nitrogens with zero attached hydrogens (tertiary/aromatic N) is 1. The lowest BCUT2D eigenvalue weighted by molar-refractivity contribution is -0.111. The van der Waals surface area contributed by atoms with E-state index in [2.05, 4.69) is 37.1 Å². The van der Waals surface area contributed by atoms with Crippen molar-refractivity contribution in [3.8, 4) is 5.75 Å². The highest BCUT2D eigenvalue weighted by atomic mass is 32.1. The molecule has 1 aromatic heterocycles. The predicted octanol–water partition coefficient (Wildman–Crippen LogP) is 4.03. The first-order valence-electron chi connectivity index (χ1n) is 7.62. The molecule has 5 heteroatoms. The molecule has 0 saturated heterocycles. The molecule has 120 valence electrons. The second-order valence-corrected chi connectivity index (χ2v) is 7.43. The fourth-order valence-electron chi connectivity index (χ4n) is 2.30. The largest absolute Gasteiger partial charge is 0.493 e. The van der Waals surface area contributed by atoms with Crippen LogP contribution in [0, 0.1) is 0 Å². The van der Waals surface area contributed by atoms with Crippen LogP contribution in [-0.4, -0.2) is 17.5 Å². The number of nitrogens with one attached hydrogen (secondary N) is 1. The van der Waals surface area contributed by atoms with Gasteiger partial charge in [-0.25, -0.2) is 4.98 Å². The van der Waals surface area contributed by atoms with Gasteiger partial charge in [0.1, 0.15) is 5.75 Å². The number of fused-ring (bicyclic) bond motifs is 1. The van der Waals surface area contributed by atoms with Gasteiger partial charge in [-0.3, -0.25) is 10.1 Å². The van der Waals surface area contributed by atoms with Crippen molar-refractivity contribution in [1.82, 2.24) is 4.98 Å². The number of amides is 1. The normalized spacial score (nSPS) is 13.9. The first-order chi connectivity index (χ1) is 10.9. The maximum Gasteiger partial charge on any atom is 0.250 e. The summed E-state index contributed by atoms with van der Waals surface area (Å²) >= 11 is 1.45. The third-order valence-electron chi connectivity index (χ3n) is 3.64. The second-order valence-electron chi connectivity index (χ2n) is 6.58. The van der Waals surface area contributed by atoms with Crippen molar-refractivity contribution in [3.63, 3.8) is 0 Å². The summed E-state index contributed by atoms with van der Waals surface area (Å²) in [6.07, 6.45) is 4.28. The van der Waals surface area contributed by atoms with E-state index in [0.29, 0.717) is 5.13 Å². The molecule has 1 amide bonds. The van der Waals surface area contributed by atoms with Gasteiger partial charge in [0.15, 0.2) is 5.13 Å². The monoisotopic (exact) mass is 328 g/mol. The van der Waals surface area contributed by atoms with Crippen molar-refractivity contribution in [1.29, 1.82) is 0 Å². The standard InChI is InChI=1S/C18H20N2O2S/c1-18(2,3)15-11-23-17(19-15)20-16(21)7-5-12-4-6-14-13(10-12)8-9-22-14/h4-7,10-11H,8-9H2,1-3H3,(H,19,20,21)/b7-5+. The Labute approximate surface area is 140 Å². The average Bonchev–Trinajstić information content (AvgIpc) is 3.12. The van der Waals surface area contributed by atoms with Crippen molar-refractivity contribution < 1.29 is 9.53 Å². The number of hydrogen-bond donors (Lipinski definition) is 1. The lowest BCUT2D eigenvalue weighted by Gasteiger charge is -2.14. The maximum absolute atomic E-state index is 12.0. The molecular formula is C18H20N2O2S. The molecule has 0 aliphatic carbocycles. The Morgan fingerprint density at radius 2 is 2.22 bits per heavy atom. The summed E-state index contributed by atoms with van der Waals surface area (Å²) in [5, 5.41) is 5.43. The van der Waals surface area contributed by atoms with Gasteiger partial charge in [-0.15, -0.1) is 11.3 Å². The SMILES string of the molecule is CC(C)(C)c1csc(NC(=O)/C=C/c2ccc3c(c2)CCO3)n1. The molecule has 1 aliphatic rings. The summed E-state index contributed by atoms with van der Waals surface area (Å²) in [7, 11) is 0. The van der Waals surface area contributed by atoms with Crippen molar-refractivity contribution in [2.45, 2.75) is 32.6 Å². The summed E-state index contributed by atoms with van der Waals surface area (Å²) in [6.45, 7) is 7.05. The van der Waals surface area contributed by atoms with Crippen molar-refractivity contribution in [2.24, 2.45) is 0 Å². The van der Waals surface area contributed by atoms with Crippen LogP contribution in [0.25, 0.3) is 6.08 Å². The second kappa shape index (κ2) is 6.16. The molecule has 2 heterocycles. The van der Waals surface area contributed by atoms with Gasteiger partial charge in [-0.2, -0.15) is 0 Å². The number of rotatable bonds is 3. The van der Waals surface area contributed by atoms with Crippen LogP contribution in [0.15, 0.2) is 29.7 Å². The van der Waals surface area contributed by atoms with E-state index in [0.717, 1.165) is 30.0 Å². The highest BCUT2D eigenvalue weighted by Crippen LogP contribution is 2.27. The molecular weight excluding hydrogens is 308 g/mol. The van der Waals surface area contributed by atoms with Gasteiger partial charge in [-0.05, 0) is 29.3 Å². The molecule has 0 fully saturated rings. The molecule has 1 aliphatic heterocycles. The maximum atomic E-state index is 12.0. The van der Waals surface area contributed by atoms with Crippen molar-refractivity contribution >= 4 is 28.5 Å². The highest BCUT2D eigenvalue weighted by Gasteiger charge is 2.17. The van der Waals surface area contributed by atoms with E-state index in [4.69, 9.17) is 4.74 Å². The number of ether oxygens (including phenoxy) is 1. The Hall–Kier alpha value is -2.14. The Bertz CT molecular complexity index is 757. The smallest absolute Gasteiger partial charge is 0.250 e. The zero-order valence-corrected chi connectivity index (χ0v) is 14.4. The van der Waals surface area contributed by atoms with Gasteiger partial charge in [0.25, 0.3) is 0 Å². The van der Waals surface area contributed by atoms with Gasteiger partial charge in [-0.1, -0.05) is 26.8 Å². The highest BCUT2D eigenvalue weighted by molar-refractivity contribution is 7.14. The molecule has 0 unspecified atom stereocenters. The lowest BCUT2D eigenvalue weighted by atomic mass is 9.93. The van der Waals surface area contributed by atoms with E-state index >= 15 is 0 Å². The fourth-order valence-corrected chi connectivity index (χ4v) is 3.24. The zero-order valence-electron chi connectivity index (χ0n) is 13.6. The van der Waals surface area contributed by atoms with E-state index in [1.165, 1.54) is 23.0 Å². The van der Waals surface area contributed by atoms with E-state index < -0.39 is 0 Å². The molecule has 23 heavy (non-hydrogen) atoms. The summed E-state index contributed by atoms with van der Waals surface area (Å²) in [4.78, 5) is 16.5. The molecule has 0 radical (unpaired) electrons. The van der Waals surface area contributed by atoms with Gasteiger partial charge >= 0.3 is 0 Å². The van der Waals surface area contributed by atoms with E-state index in [9.17, 15) is 4.79 Å². The van der Waals surface area contributed by atoms with Crippen LogP contribution < -0.4 is 10.1 Å². The van der Waals surface area contributed by atoms with Gasteiger partial charge in [0.05, 0.1) is 12.3 Å². The number of anilines is 1. The van der Waals surface area contributed by atoms with Crippen molar-refractivity contribution in [3.05, 3.63) is 46.5 Å². The average molecular weight is 328 g/mol. The Balaban J connectivity index is 1.64. The minimum atomic E-state index is -0.170. The van der Waals surface area contributed by atoms with Gasteiger partial charge < -0.3 is 4.74 Å². The summed E-state index contributed by atoms with van der Waals surface area (Å²) in [5.41, 5.74) is 3.17. The van der Waals surface area contributed by atoms with Crippen LogP contribution in [0.3, 0.4) is 0 Å². The third-order valence-corrected chi connectivity index (χ3v) is 4.40. The number of aromatic nitrogens is 1. The number of hydrogen-bond acceptors (Lipinski definition) is 4. The molecule has 0 atom stereocenters. The van der Waals surface area contributed by atoms with Crippen LogP contribution in [0.1, 0.15) is 37.6 Å². The third kappa shape index (κ3) is 3.79. The Morgan fingerprint density at radius 3 is 2.96 bits per heavy atom. The Kier molecular flexibility index (Phi) is 4.22. The zero-order chi connectivity index (χ0) is 16.4. The molecule has 0 saturated carbocycles.